The van der Waals surface area contributed by atoms with Crippen LogP contribution in [0.2, 0.25) is 0 Å². The Morgan fingerprint density at radius 1 is 1.21 bits per heavy atom. The third-order valence-electron chi connectivity index (χ3n) is 2.13. The van der Waals surface area contributed by atoms with Crippen molar-refractivity contribution < 1.29 is 5.11 Å². The van der Waals surface area contributed by atoms with Crippen molar-refractivity contribution in [1.29, 1.82) is 0 Å². The van der Waals surface area contributed by atoms with Crippen molar-refractivity contribution in [1.82, 2.24) is 4.98 Å². The lowest BCUT2D eigenvalue weighted by Gasteiger charge is -2.00. The Kier molecular flexibility index (Phi) is 2.19. The third kappa shape index (κ3) is 1.46. The second-order valence-electron chi connectivity index (χ2n) is 3.06. The molecule has 0 unspecified atom stereocenters. The summed E-state index contributed by atoms with van der Waals surface area (Å²) in [6.07, 6.45) is 1.64. The smallest absolute Gasteiger partial charge is 0.136 e. The molecule has 0 aliphatic heterocycles. The van der Waals surface area contributed by atoms with E-state index >= 15 is 0 Å². The molecule has 1 N–H and O–H groups in total. The summed E-state index contributed by atoms with van der Waals surface area (Å²) in [4.78, 5) is 4.33. The van der Waals surface area contributed by atoms with Gasteiger partial charge < -0.3 is 5.11 Å². The van der Waals surface area contributed by atoms with Gasteiger partial charge in [-0.15, -0.1) is 0 Å². The zero-order valence-corrected chi connectivity index (χ0v) is 7.94. The monoisotopic (exact) mass is 185 g/mol. The SMILES string of the molecule is C/C=C(\O)c1ccc2ccccc2n1. The zero-order valence-electron chi connectivity index (χ0n) is 7.94. The molecule has 70 valence electrons. The third-order valence-corrected chi connectivity index (χ3v) is 2.13. The standard InChI is InChI=1S/C12H11NO/c1-2-12(14)11-8-7-9-5-3-4-6-10(9)13-11/h2-8,14H,1H3/b12-2-. The molecule has 0 aliphatic carbocycles. The highest BCUT2D eigenvalue weighted by molar-refractivity contribution is 5.80. The number of benzene rings is 1. The van der Waals surface area contributed by atoms with Gasteiger partial charge in [0.25, 0.3) is 0 Å². The first kappa shape index (κ1) is 8.75. The van der Waals surface area contributed by atoms with Crippen molar-refractivity contribution in [3.8, 4) is 0 Å². The first-order valence-electron chi connectivity index (χ1n) is 4.52. The number of nitrogens with zero attached hydrogens (tertiary/aromatic N) is 1. The van der Waals surface area contributed by atoms with E-state index in [-0.39, 0.29) is 5.76 Å². The summed E-state index contributed by atoms with van der Waals surface area (Å²) < 4.78 is 0. The number of fused-ring (bicyclic) bond motifs is 1. The van der Waals surface area contributed by atoms with Crippen molar-refractivity contribution in [3.05, 3.63) is 48.2 Å². The van der Waals surface area contributed by atoms with E-state index in [0.29, 0.717) is 5.69 Å². The molecule has 0 saturated carbocycles. The second-order valence-corrected chi connectivity index (χ2v) is 3.06. The summed E-state index contributed by atoms with van der Waals surface area (Å²) in [6.45, 7) is 1.78. The highest BCUT2D eigenvalue weighted by Crippen LogP contribution is 2.15. The Labute approximate surface area is 82.5 Å². The number of aliphatic hydroxyl groups excluding tert-OH is 1. The number of pyridine rings is 1. The van der Waals surface area contributed by atoms with Crippen LogP contribution in [0.4, 0.5) is 0 Å². The normalized spacial score (nSPS) is 11.9. The molecule has 0 atom stereocenters. The predicted octanol–water partition coefficient (Wildman–Crippen LogP) is 3.15. The minimum atomic E-state index is 0.218. The topological polar surface area (TPSA) is 33.1 Å². The molecule has 1 aromatic carbocycles. The molecular formula is C12H11NO. The van der Waals surface area contributed by atoms with Crippen LogP contribution in [0, 0.1) is 0 Å². The molecule has 0 spiro atoms. The van der Waals surface area contributed by atoms with Crippen LogP contribution in [-0.2, 0) is 0 Å². The molecule has 0 amide bonds. The van der Waals surface area contributed by atoms with E-state index < -0.39 is 0 Å². The zero-order chi connectivity index (χ0) is 9.97. The lowest BCUT2D eigenvalue weighted by Crippen LogP contribution is -1.88. The van der Waals surface area contributed by atoms with Gasteiger partial charge in [-0.05, 0) is 25.1 Å². The van der Waals surface area contributed by atoms with Gasteiger partial charge in [0.2, 0.25) is 0 Å². The highest BCUT2D eigenvalue weighted by atomic mass is 16.3. The summed E-state index contributed by atoms with van der Waals surface area (Å²) in [5, 5.41) is 10.6. The van der Waals surface area contributed by atoms with Gasteiger partial charge in [0.05, 0.1) is 5.52 Å². The van der Waals surface area contributed by atoms with E-state index in [1.165, 1.54) is 0 Å². The number of para-hydroxylation sites is 1. The predicted molar refractivity (Wildman–Crippen MR) is 58.0 cm³/mol. The van der Waals surface area contributed by atoms with Gasteiger partial charge >= 0.3 is 0 Å². The molecule has 2 nitrogen and oxygen atoms in total. The molecule has 14 heavy (non-hydrogen) atoms. The highest BCUT2D eigenvalue weighted by Gasteiger charge is 2.00. The molecule has 0 aliphatic rings. The van der Waals surface area contributed by atoms with Crippen molar-refractivity contribution in [2.45, 2.75) is 6.92 Å². The van der Waals surface area contributed by atoms with Crippen LogP contribution >= 0.6 is 0 Å². The molecular weight excluding hydrogens is 174 g/mol. The van der Waals surface area contributed by atoms with Gasteiger partial charge in [-0.25, -0.2) is 4.98 Å². The second kappa shape index (κ2) is 3.50. The van der Waals surface area contributed by atoms with Crippen molar-refractivity contribution in [2.24, 2.45) is 0 Å². The average Bonchev–Trinajstić information content (AvgIpc) is 2.27. The van der Waals surface area contributed by atoms with Gasteiger partial charge in [0.15, 0.2) is 0 Å². The maximum atomic E-state index is 9.49. The quantitative estimate of drug-likeness (QED) is 0.692. The van der Waals surface area contributed by atoms with Crippen molar-refractivity contribution in [2.75, 3.05) is 0 Å². The lowest BCUT2D eigenvalue weighted by molar-refractivity contribution is 0.508. The van der Waals surface area contributed by atoms with Crippen LogP contribution in [0.3, 0.4) is 0 Å². The van der Waals surface area contributed by atoms with E-state index in [0.717, 1.165) is 10.9 Å². The number of hydrogen-bond donors (Lipinski definition) is 1. The fraction of sp³-hybridized carbons (Fsp3) is 0.0833. The first-order valence-corrected chi connectivity index (χ1v) is 4.52. The summed E-state index contributed by atoms with van der Waals surface area (Å²) in [5.74, 6) is 0.218. The van der Waals surface area contributed by atoms with Crippen molar-refractivity contribution in [3.63, 3.8) is 0 Å². The fourth-order valence-electron chi connectivity index (χ4n) is 1.36. The Morgan fingerprint density at radius 3 is 2.79 bits per heavy atom. The first-order chi connectivity index (χ1) is 6.81. The number of hydrogen-bond acceptors (Lipinski definition) is 2. The van der Waals surface area contributed by atoms with Crippen LogP contribution in [-0.4, -0.2) is 10.1 Å². The minimum absolute atomic E-state index is 0.218. The molecule has 2 rings (SSSR count). The fourth-order valence-corrected chi connectivity index (χ4v) is 1.36. The Bertz CT molecular complexity index is 488. The van der Waals surface area contributed by atoms with E-state index in [1.54, 1.807) is 13.0 Å². The van der Waals surface area contributed by atoms with Gasteiger partial charge in [0.1, 0.15) is 11.5 Å². The van der Waals surface area contributed by atoms with Gasteiger partial charge in [0, 0.05) is 5.39 Å². The minimum Gasteiger partial charge on any atom is -0.506 e. The number of aliphatic hydroxyl groups is 1. The maximum Gasteiger partial charge on any atom is 0.136 e. The molecule has 0 saturated heterocycles. The van der Waals surface area contributed by atoms with Gasteiger partial charge in [-0.1, -0.05) is 24.3 Å². The number of allylic oxidation sites excluding steroid dienone is 1. The lowest BCUT2D eigenvalue weighted by atomic mass is 10.2. The van der Waals surface area contributed by atoms with Crippen LogP contribution < -0.4 is 0 Å². The van der Waals surface area contributed by atoms with Crippen LogP contribution in [0.5, 0.6) is 0 Å². The molecule has 2 aromatic rings. The summed E-state index contributed by atoms with van der Waals surface area (Å²) >= 11 is 0. The van der Waals surface area contributed by atoms with E-state index in [2.05, 4.69) is 4.98 Å². The average molecular weight is 185 g/mol. The largest absolute Gasteiger partial charge is 0.506 e. The van der Waals surface area contributed by atoms with Crippen LogP contribution in [0.25, 0.3) is 16.7 Å². The Balaban J connectivity index is 2.62. The Morgan fingerprint density at radius 2 is 2.00 bits per heavy atom. The van der Waals surface area contributed by atoms with Gasteiger partial charge in [-0.2, -0.15) is 0 Å². The molecule has 2 heteroatoms. The summed E-state index contributed by atoms with van der Waals surface area (Å²) in [6, 6.07) is 11.6. The maximum absolute atomic E-state index is 9.49. The number of rotatable bonds is 1. The number of aromatic nitrogens is 1. The molecule has 1 aromatic heterocycles. The Hall–Kier alpha value is -1.83. The molecule has 0 fully saturated rings. The van der Waals surface area contributed by atoms with E-state index in [1.807, 2.05) is 36.4 Å². The summed E-state index contributed by atoms with van der Waals surface area (Å²) in [5.41, 5.74) is 1.52. The van der Waals surface area contributed by atoms with E-state index in [4.69, 9.17) is 0 Å². The molecule has 0 radical (unpaired) electrons. The van der Waals surface area contributed by atoms with Crippen molar-refractivity contribution >= 4 is 16.7 Å². The van der Waals surface area contributed by atoms with Gasteiger partial charge in [-0.3, -0.25) is 0 Å². The van der Waals surface area contributed by atoms with E-state index in [9.17, 15) is 5.11 Å². The van der Waals surface area contributed by atoms with Crippen LogP contribution in [0.1, 0.15) is 12.6 Å². The molecule has 1 heterocycles. The summed E-state index contributed by atoms with van der Waals surface area (Å²) in [7, 11) is 0. The van der Waals surface area contributed by atoms with Crippen LogP contribution in [0.15, 0.2) is 42.5 Å². The molecule has 0 bridgehead atoms.